The molecule has 0 N–H and O–H groups in total. The molecule has 0 amide bonds. The zero-order valence-electron chi connectivity index (χ0n) is 17.2. The first kappa shape index (κ1) is 20.4. The lowest BCUT2D eigenvalue weighted by molar-refractivity contribution is 0.0526. The summed E-state index contributed by atoms with van der Waals surface area (Å²) in [5.41, 5.74) is 4.46. The number of ketones is 1. The lowest BCUT2D eigenvalue weighted by Gasteiger charge is -2.13. The van der Waals surface area contributed by atoms with Crippen molar-refractivity contribution in [3.63, 3.8) is 0 Å². The van der Waals surface area contributed by atoms with Crippen LogP contribution >= 0.6 is 11.3 Å². The van der Waals surface area contributed by atoms with Gasteiger partial charge in [-0.25, -0.2) is 4.79 Å². The fourth-order valence-corrected chi connectivity index (χ4v) is 5.11. The smallest absolute Gasteiger partial charge is 0.339 e. The molecule has 1 aliphatic rings. The van der Waals surface area contributed by atoms with Crippen LogP contribution in [0.25, 0.3) is 10.4 Å². The first-order valence-corrected chi connectivity index (χ1v) is 11.0. The summed E-state index contributed by atoms with van der Waals surface area (Å²) in [6.45, 7) is 4.51. The normalized spacial score (nSPS) is 13.1. The number of benzene rings is 2. The van der Waals surface area contributed by atoms with Crippen LogP contribution in [-0.4, -0.2) is 18.4 Å². The van der Waals surface area contributed by atoms with Crippen LogP contribution in [0.3, 0.4) is 0 Å². The van der Waals surface area contributed by atoms with Gasteiger partial charge in [-0.1, -0.05) is 42.0 Å². The molecular formula is C25H24O4S. The van der Waals surface area contributed by atoms with Crippen LogP contribution in [0.1, 0.15) is 56.5 Å². The van der Waals surface area contributed by atoms with Crippen LogP contribution in [0.5, 0.6) is 5.75 Å². The Morgan fingerprint density at radius 1 is 1.03 bits per heavy atom. The van der Waals surface area contributed by atoms with E-state index < -0.39 is 0 Å². The van der Waals surface area contributed by atoms with Crippen molar-refractivity contribution >= 4 is 23.1 Å². The van der Waals surface area contributed by atoms with Crippen LogP contribution in [0.2, 0.25) is 0 Å². The molecule has 1 aromatic heterocycles. The first-order chi connectivity index (χ1) is 14.6. The summed E-state index contributed by atoms with van der Waals surface area (Å²) in [5.74, 6) is 0.557. The van der Waals surface area contributed by atoms with E-state index in [1.165, 1.54) is 16.9 Å². The van der Waals surface area contributed by atoms with Crippen molar-refractivity contribution in [3.05, 3.63) is 75.7 Å². The quantitative estimate of drug-likeness (QED) is 0.459. The van der Waals surface area contributed by atoms with E-state index in [2.05, 4.69) is 0 Å². The third kappa shape index (κ3) is 4.03. The molecule has 0 saturated heterocycles. The monoisotopic (exact) mass is 420 g/mol. The van der Waals surface area contributed by atoms with Crippen LogP contribution < -0.4 is 4.74 Å². The minimum atomic E-state index is -0.353. The molecule has 0 atom stereocenters. The average Bonchev–Trinajstić information content (AvgIpc) is 3.15. The minimum Gasteiger partial charge on any atom is -0.489 e. The van der Waals surface area contributed by atoms with Crippen LogP contribution in [-0.2, 0) is 17.8 Å². The van der Waals surface area contributed by atoms with Crippen molar-refractivity contribution < 1.29 is 19.1 Å². The van der Waals surface area contributed by atoms with Gasteiger partial charge < -0.3 is 9.47 Å². The summed E-state index contributed by atoms with van der Waals surface area (Å²) in [5, 5.41) is 0. The molecule has 5 heteroatoms. The maximum atomic E-state index is 12.8. The van der Waals surface area contributed by atoms with Crippen LogP contribution in [0.4, 0.5) is 0 Å². The minimum absolute atomic E-state index is 0.117. The number of rotatable bonds is 6. The summed E-state index contributed by atoms with van der Waals surface area (Å²) in [4.78, 5) is 26.9. The number of hydrogen-bond acceptors (Lipinski definition) is 5. The van der Waals surface area contributed by atoms with Gasteiger partial charge in [0, 0.05) is 6.42 Å². The number of carbonyl (C=O) groups is 2. The number of esters is 1. The van der Waals surface area contributed by atoms with Gasteiger partial charge in [0.15, 0.2) is 5.78 Å². The van der Waals surface area contributed by atoms with Gasteiger partial charge in [-0.15, -0.1) is 11.3 Å². The van der Waals surface area contributed by atoms with E-state index in [0.29, 0.717) is 30.1 Å². The molecule has 30 heavy (non-hydrogen) atoms. The predicted molar refractivity (Wildman–Crippen MR) is 118 cm³/mol. The molecular weight excluding hydrogens is 396 g/mol. The lowest BCUT2D eigenvalue weighted by Crippen LogP contribution is -2.13. The fourth-order valence-electron chi connectivity index (χ4n) is 3.74. The van der Waals surface area contributed by atoms with Crippen molar-refractivity contribution in [2.24, 2.45) is 0 Å². The highest BCUT2D eigenvalue weighted by atomic mass is 32.1. The first-order valence-electron chi connectivity index (χ1n) is 10.2. The number of thiophene rings is 1. The van der Waals surface area contributed by atoms with Crippen molar-refractivity contribution in [2.45, 2.75) is 39.7 Å². The number of hydrogen-bond donors (Lipinski definition) is 0. The van der Waals surface area contributed by atoms with Gasteiger partial charge in [0.1, 0.15) is 12.4 Å². The number of ether oxygens (including phenoxy) is 2. The van der Waals surface area contributed by atoms with E-state index in [0.717, 1.165) is 40.2 Å². The maximum Gasteiger partial charge on any atom is 0.339 e. The summed E-state index contributed by atoms with van der Waals surface area (Å²) in [6, 6.07) is 15.8. The Bertz CT molecular complexity index is 1080. The molecule has 0 aliphatic heterocycles. The second kappa shape index (κ2) is 8.84. The summed E-state index contributed by atoms with van der Waals surface area (Å²) < 4.78 is 11.4. The molecule has 4 rings (SSSR count). The summed E-state index contributed by atoms with van der Waals surface area (Å²) >= 11 is 1.41. The molecule has 154 valence electrons. The molecule has 3 aromatic rings. The zero-order chi connectivity index (χ0) is 21.1. The van der Waals surface area contributed by atoms with E-state index in [1.54, 1.807) is 6.92 Å². The molecule has 0 radical (unpaired) electrons. The van der Waals surface area contributed by atoms with E-state index >= 15 is 0 Å². The summed E-state index contributed by atoms with van der Waals surface area (Å²) in [6.07, 6.45) is 2.04. The highest BCUT2D eigenvalue weighted by molar-refractivity contribution is 7.18. The Morgan fingerprint density at radius 3 is 2.57 bits per heavy atom. The molecule has 0 saturated carbocycles. The number of Topliss-reactive ketones (excluding diaryl/α,β-unsaturated/α-hetero) is 1. The number of carbonyl (C=O) groups excluding carboxylic acids is 2. The third-order valence-corrected chi connectivity index (χ3v) is 6.55. The Labute approximate surface area is 180 Å². The van der Waals surface area contributed by atoms with Crippen LogP contribution in [0.15, 0.2) is 48.5 Å². The van der Waals surface area contributed by atoms with Gasteiger partial charge in [-0.2, -0.15) is 0 Å². The zero-order valence-corrected chi connectivity index (χ0v) is 18.0. The van der Waals surface area contributed by atoms with E-state index in [1.807, 2.05) is 55.5 Å². The molecule has 0 unspecified atom stereocenters. The summed E-state index contributed by atoms with van der Waals surface area (Å²) in [7, 11) is 0. The van der Waals surface area contributed by atoms with Gasteiger partial charge in [-0.3, -0.25) is 4.79 Å². The average molecular weight is 421 g/mol. The molecule has 1 aliphatic carbocycles. The molecule has 0 bridgehead atoms. The second-order valence-corrected chi connectivity index (χ2v) is 8.39. The van der Waals surface area contributed by atoms with Crippen LogP contribution in [0, 0.1) is 6.92 Å². The highest BCUT2D eigenvalue weighted by Gasteiger charge is 2.31. The molecule has 0 fully saturated rings. The van der Waals surface area contributed by atoms with Crippen molar-refractivity contribution in [2.75, 3.05) is 6.61 Å². The lowest BCUT2D eigenvalue weighted by atomic mass is 9.92. The Balaban J connectivity index is 1.74. The molecule has 2 aromatic carbocycles. The third-order valence-electron chi connectivity index (χ3n) is 5.25. The fraction of sp³-hybridized carbons (Fsp3) is 0.280. The van der Waals surface area contributed by atoms with E-state index in [-0.39, 0.29) is 11.8 Å². The number of aryl methyl sites for hydroxylation is 1. The van der Waals surface area contributed by atoms with Gasteiger partial charge in [0.25, 0.3) is 0 Å². The van der Waals surface area contributed by atoms with Crippen molar-refractivity contribution in [1.29, 1.82) is 0 Å². The van der Waals surface area contributed by atoms with Gasteiger partial charge >= 0.3 is 5.97 Å². The van der Waals surface area contributed by atoms with Crippen molar-refractivity contribution in [1.82, 2.24) is 0 Å². The Kier molecular flexibility index (Phi) is 6.00. The van der Waals surface area contributed by atoms with Gasteiger partial charge in [0.2, 0.25) is 0 Å². The SMILES string of the molecule is CCOC(=O)c1c(-c2ccccc2COc2ccc(C)cc2)sc2c1CCCC2=O. The van der Waals surface area contributed by atoms with E-state index in [4.69, 9.17) is 9.47 Å². The molecule has 0 spiro atoms. The molecule has 4 nitrogen and oxygen atoms in total. The topological polar surface area (TPSA) is 52.6 Å². The van der Waals surface area contributed by atoms with E-state index in [9.17, 15) is 9.59 Å². The Hall–Kier alpha value is -2.92. The maximum absolute atomic E-state index is 12.8. The highest BCUT2D eigenvalue weighted by Crippen LogP contribution is 2.42. The molecule has 1 heterocycles. The standard InChI is InChI=1S/C25H24O4S/c1-3-28-25(27)22-20-9-6-10-21(26)23(20)30-24(22)19-8-5-4-7-17(19)15-29-18-13-11-16(2)12-14-18/h4-5,7-8,11-14H,3,6,9-10,15H2,1-2H3. The predicted octanol–water partition coefficient (Wildman–Crippen LogP) is 6.00. The largest absolute Gasteiger partial charge is 0.489 e. The Morgan fingerprint density at radius 2 is 1.80 bits per heavy atom. The number of fused-ring (bicyclic) bond motifs is 1. The van der Waals surface area contributed by atoms with Gasteiger partial charge in [0.05, 0.1) is 21.9 Å². The van der Waals surface area contributed by atoms with Gasteiger partial charge in [-0.05, 0) is 55.5 Å². The van der Waals surface area contributed by atoms with Crippen molar-refractivity contribution in [3.8, 4) is 16.2 Å². The second-order valence-electron chi connectivity index (χ2n) is 7.37.